The molecular weight excluding hydrogens is 318 g/mol. The molecule has 1 amide bonds. The summed E-state index contributed by atoms with van der Waals surface area (Å²) in [4.78, 5) is 15.3. The summed E-state index contributed by atoms with van der Waals surface area (Å²) in [6.07, 6.45) is 1.36. The summed E-state index contributed by atoms with van der Waals surface area (Å²) in [6.45, 7) is 9.03. The molecule has 0 aliphatic carbocycles. The Bertz CT molecular complexity index is 674. The molecule has 3 atom stereocenters. The van der Waals surface area contributed by atoms with Crippen LogP contribution in [-0.2, 0) is 16.0 Å². The van der Waals surface area contributed by atoms with Crippen molar-refractivity contribution in [1.82, 2.24) is 4.90 Å². The van der Waals surface area contributed by atoms with Crippen LogP contribution in [0.5, 0.6) is 11.5 Å². The molecule has 2 heterocycles. The molecular formula is C20H29NO4. The molecule has 0 unspecified atom stereocenters. The predicted molar refractivity (Wildman–Crippen MR) is 95.8 cm³/mol. The number of hydrogen-bond acceptors (Lipinski definition) is 4. The van der Waals surface area contributed by atoms with Crippen molar-refractivity contribution in [3.63, 3.8) is 0 Å². The third-order valence-electron chi connectivity index (χ3n) is 5.67. The van der Waals surface area contributed by atoms with Gasteiger partial charge in [-0.15, -0.1) is 0 Å². The second-order valence-electron chi connectivity index (χ2n) is 8.08. The maximum Gasteiger partial charge on any atom is 0.231 e. The Kier molecular flexibility index (Phi) is 4.48. The molecule has 0 aromatic heterocycles. The fourth-order valence-electron chi connectivity index (χ4n) is 4.42. The van der Waals surface area contributed by atoms with Crippen LogP contribution >= 0.6 is 0 Å². The second-order valence-corrected chi connectivity index (χ2v) is 8.08. The smallest absolute Gasteiger partial charge is 0.231 e. The van der Waals surface area contributed by atoms with Crippen molar-refractivity contribution in [3.8, 4) is 11.5 Å². The fourth-order valence-corrected chi connectivity index (χ4v) is 4.42. The zero-order valence-electron chi connectivity index (χ0n) is 16.1. The largest absolute Gasteiger partial charge is 0.493 e. The minimum absolute atomic E-state index is 0.157. The van der Waals surface area contributed by atoms with Gasteiger partial charge in [0, 0.05) is 6.42 Å². The van der Waals surface area contributed by atoms with Gasteiger partial charge in [0.15, 0.2) is 11.5 Å². The van der Waals surface area contributed by atoms with E-state index in [4.69, 9.17) is 14.2 Å². The second kappa shape index (κ2) is 6.20. The first kappa shape index (κ1) is 18.1. The van der Waals surface area contributed by atoms with Gasteiger partial charge in [0.1, 0.15) is 5.72 Å². The predicted octanol–water partition coefficient (Wildman–Crippen LogP) is 3.26. The van der Waals surface area contributed by atoms with Crippen LogP contribution in [-0.4, -0.2) is 43.4 Å². The third kappa shape index (κ3) is 2.88. The molecule has 2 aliphatic heterocycles. The van der Waals surface area contributed by atoms with Crippen LogP contribution in [0, 0.1) is 11.3 Å². The number of amides is 1. The highest BCUT2D eigenvalue weighted by Crippen LogP contribution is 2.50. The summed E-state index contributed by atoms with van der Waals surface area (Å²) < 4.78 is 16.8. The highest BCUT2D eigenvalue weighted by molar-refractivity contribution is 5.86. The Morgan fingerprint density at radius 3 is 2.52 bits per heavy atom. The van der Waals surface area contributed by atoms with E-state index in [0.29, 0.717) is 36.9 Å². The van der Waals surface area contributed by atoms with Crippen LogP contribution in [0.2, 0.25) is 0 Å². The third-order valence-corrected chi connectivity index (χ3v) is 5.67. The molecule has 0 spiro atoms. The van der Waals surface area contributed by atoms with Gasteiger partial charge in [-0.1, -0.05) is 26.8 Å². The van der Waals surface area contributed by atoms with E-state index in [-0.39, 0.29) is 11.9 Å². The standard InChI is InChI=1S/C20H29NO4/c1-13(2)15-11-25-20(4)12-19(3,18(22)21(15)20)10-14-7-8-16(23-5)17(9-14)24-6/h7-9,13,15H,10-12H2,1-6H3/t15-,19+,20-/m1/s1. The molecule has 0 N–H and O–H groups in total. The van der Waals surface area contributed by atoms with Crippen molar-refractivity contribution in [2.45, 2.75) is 52.3 Å². The zero-order chi connectivity index (χ0) is 18.4. The maximum atomic E-state index is 13.3. The van der Waals surface area contributed by atoms with Gasteiger partial charge in [0.05, 0.1) is 32.3 Å². The van der Waals surface area contributed by atoms with Crippen LogP contribution in [0.25, 0.3) is 0 Å². The summed E-state index contributed by atoms with van der Waals surface area (Å²) in [5.74, 6) is 1.97. The summed E-state index contributed by atoms with van der Waals surface area (Å²) in [5.41, 5.74) is 0.110. The van der Waals surface area contributed by atoms with Crippen molar-refractivity contribution < 1.29 is 19.0 Å². The molecule has 5 heteroatoms. The lowest BCUT2D eigenvalue weighted by Crippen LogP contribution is -2.46. The first-order valence-corrected chi connectivity index (χ1v) is 8.93. The number of carbonyl (C=O) groups excluding carboxylic acids is 1. The van der Waals surface area contributed by atoms with E-state index in [1.807, 2.05) is 30.0 Å². The molecule has 5 nitrogen and oxygen atoms in total. The summed E-state index contributed by atoms with van der Waals surface area (Å²) in [7, 11) is 3.25. The monoisotopic (exact) mass is 347 g/mol. The van der Waals surface area contributed by atoms with Crippen molar-refractivity contribution in [1.29, 1.82) is 0 Å². The molecule has 2 saturated heterocycles. The molecule has 3 rings (SSSR count). The van der Waals surface area contributed by atoms with Gasteiger partial charge in [-0.25, -0.2) is 0 Å². The Labute approximate surface area is 150 Å². The number of benzene rings is 1. The number of rotatable bonds is 5. The molecule has 0 radical (unpaired) electrons. The van der Waals surface area contributed by atoms with E-state index in [0.717, 1.165) is 5.56 Å². The van der Waals surface area contributed by atoms with Gasteiger partial charge in [0.25, 0.3) is 0 Å². The van der Waals surface area contributed by atoms with E-state index in [2.05, 4.69) is 20.8 Å². The Morgan fingerprint density at radius 1 is 1.24 bits per heavy atom. The van der Waals surface area contributed by atoms with Crippen LogP contribution in [0.1, 0.15) is 39.7 Å². The first-order chi connectivity index (χ1) is 11.7. The number of methoxy groups -OCH3 is 2. The average Bonchev–Trinajstić information content (AvgIpc) is 2.98. The highest BCUT2D eigenvalue weighted by atomic mass is 16.5. The Morgan fingerprint density at radius 2 is 1.92 bits per heavy atom. The Balaban J connectivity index is 1.87. The van der Waals surface area contributed by atoms with E-state index in [1.54, 1.807) is 14.2 Å². The number of nitrogens with zero attached hydrogens (tertiary/aromatic N) is 1. The summed E-state index contributed by atoms with van der Waals surface area (Å²) in [5, 5.41) is 0. The van der Waals surface area contributed by atoms with E-state index in [1.165, 1.54) is 0 Å². The topological polar surface area (TPSA) is 48.0 Å². The number of carbonyl (C=O) groups is 1. The van der Waals surface area contributed by atoms with Crippen molar-refractivity contribution >= 4 is 5.91 Å². The molecule has 1 aromatic carbocycles. The van der Waals surface area contributed by atoms with Crippen molar-refractivity contribution in [2.24, 2.45) is 11.3 Å². The van der Waals surface area contributed by atoms with Crippen LogP contribution in [0.4, 0.5) is 0 Å². The number of hydrogen-bond donors (Lipinski definition) is 0. The SMILES string of the molecule is COc1ccc(C[C@@]2(C)C[C@@]3(C)OC[C@H](C(C)C)N3C2=O)cc1OC. The quantitative estimate of drug-likeness (QED) is 0.820. The molecule has 2 fully saturated rings. The van der Waals surface area contributed by atoms with Crippen molar-refractivity contribution in [2.75, 3.05) is 20.8 Å². The van der Waals surface area contributed by atoms with Gasteiger partial charge in [0.2, 0.25) is 5.91 Å². The summed E-state index contributed by atoms with van der Waals surface area (Å²) >= 11 is 0. The molecule has 25 heavy (non-hydrogen) atoms. The van der Waals surface area contributed by atoms with Crippen LogP contribution in [0.3, 0.4) is 0 Å². The van der Waals surface area contributed by atoms with E-state index < -0.39 is 11.1 Å². The van der Waals surface area contributed by atoms with Gasteiger partial charge in [-0.2, -0.15) is 0 Å². The first-order valence-electron chi connectivity index (χ1n) is 8.93. The lowest BCUT2D eigenvalue weighted by Gasteiger charge is -2.31. The van der Waals surface area contributed by atoms with Crippen molar-refractivity contribution in [3.05, 3.63) is 23.8 Å². The number of ether oxygens (including phenoxy) is 3. The molecule has 1 aromatic rings. The van der Waals surface area contributed by atoms with Gasteiger partial charge in [-0.05, 0) is 37.0 Å². The minimum atomic E-state index is -0.489. The Hall–Kier alpha value is -1.75. The zero-order valence-corrected chi connectivity index (χ0v) is 16.1. The molecule has 2 aliphatic rings. The van der Waals surface area contributed by atoms with E-state index >= 15 is 0 Å². The highest BCUT2D eigenvalue weighted by Gasteiger charge is 2.61. The molecule has 0 saturated carbocycles. The van der Waals surface area contributed by atoms with Crippen LogP contribution in [0.15, 0.2) is 18.2 Å². The lowest BCUT2D eigenvalue weighted by atomic mass is 9.80. The van der Waals surface area contributed by atoms with Gasteiger partial charge >= 0.3 is 0 Å². The molecule has 138 valence electrons. The van der Waals surface area contributed by atoms with Gasteiger partial charge in [-0.3, -0.25) is 4.79 Å². The van der Waals surface area contributed by atoms with Crippen LogP contribution < -0.4 is 9.47 Å². The van der Waals surface area contributed by atoms with E-state index in [9.17, 15) is 4.79 Å². The normalized spacial score (nSPS) is 31.6. The minimum Gasteiger partial charge on any atom is -0.493 e. The molecule has 0 bridgehead atoms. The van der Waals surface area contributed by atoms with Gasteiger partial charge < -0.3 is 19.1 Å². The fraction of sp³-hybridized carbons (Fsp3) is 0.650. The average molecular weight is 347 g/mol. The maximum absolute atomic E-state index is 13.3. The number of fused-ring (bicyclic) bond motifs is 1. The lowest BCUT2D eigenvalue weighted by molar-refractivity contribution is -0.141. The summed E-state index contributed by atoms with van der Waals surface area (Å²) in [6, 6.07) is 6.02.